The van der Waals surface area contributed by atoms with Crippen LogP contribution in [0.25, 0.3) is 0 Å². The number of carbonyl (C=O) groups excluding carboxylic acids is 1. The minimum absolute atomic E-state index is 0.145. The second-order valence-electron chi connectivity index (χ2n) is 5.50. The Bertz CT molecular complexity index is 509. The first-order chi connectivity index (χ1) is 10.1. The molecule has 0 bridgehead atoms. The maximum absolute atomic E-state index is 12.5. The van der Waals surface area contributed by atoms with Gasteiger partial charge in [-0.2, -0.15) is 0 Å². The molecule has 0 aliphatic carbocycles. The number of methoxy groups -OCH3 is 2. The van der Waals surface area contributed by atoms with Crippen molar-refractivity contribution in [1.29, 1.82) is 0 Å². The first kappa shape index (κ1) is 15.7. The van der Waals surface area contributed by atoms with Gasteiger partial charge in [-0.25, -0.2) is 0 Å². The van der Waals surface area contributed by atoms with Gasteiger partial charge >= 0.3 is 0 Å². The maximum atomic E-state index is 12.5. The Morgan fingerprint density at radius 2 is 1.71 bits per heavy atom. The van der Waals surface area contributed by atoms with Gasteiger partial charge in [-0.15, -0.1) is 0 Å². The summed E-state index contributed by atoms with van der Waals surface area (Å²) in [7, 11) is 3.29. The number of hydrogen-bond donors (Lipinski definition) is 0. The van der Waals surface area contributed by atoms with Crippen LogP contribution < -0.4 is 9.47 Å². The van der Waals surface area contributed by atoms with Crippen LogP contribution in [0.15, 0.2) is 12.1 Å². The zero-order valence-electron chi connectivity index (χ0n) is 13.4. The van der Waals surface area contributed by atoms with Gasteiger partial charge in [0.15, 0.2) is 11.5 Å². The van der Waals surface area contributed by atoms with E-state index in [-0.39, 0.29) is 11.8 Å². The van der Waals surface area contributed by atoms with E-state index >= 15 is 0 Å². The standard InChI is InChI=1S/C17H25NO3/c1-5-12(6-2)17(19)18-8-7-13-9-15(20-3)16(21-4)10-14(13)11-18/h9-10,12H,5-8,11H2,1-4H3. The van der Waals surface area contributed by atoms with Gasteiger partial charge in [0, 0.05) is 19.0 Å². The Morgan fingerprint density at radius 1 is 1.14 bits per heavy atom. The Hall–Kier alpha value is -1.71. The third-order valence-electron chi connectivity index (χ3n) is 4.36. The van der Waals surface area contributed by atoms with Gasteiger partial charge in [-0.1, -0.05) is 13.8 Å². The summed E-state index contributed by atoms with van der Waals surface area (Å²) in [5, 5.41) is 0. The summed E-state index contributed by atoms with van der Waals surface area (Å²) >= 11 is 0. The van der Waals surface area contributed by atoms with Crippen LogP contribution in [0.5, 0.6) is 11.5 Å². The van der Waals surface area contributed by atoms with Gasteiger partial charge in [0.05, 0.1) is 14.2 Å². The third kappa shape index (κ3) is 3.14. The summed E-state index contributed by atoms with van der Waals surface area (Å²) < 4.78 is 10.7. The molecule has 1 aromatic rings. The minimum atomic E-state index is 0.145. The number of hydrogen-bond acceptors (Lipinski definition) is 3. The van der Waals surface area contributed by atoms with Crippen molar-refractivity contribution in [2.24, 2.45) is 5.92 Å². The van der Waals surface area contributed by atoms with E-state index in [2.05, 4.69) is 13.8 Å². The van der Waals surface area contributed by atoms with Crippen LogP contribution in [0, 0.1) is 5.92 Å². The van der Waals surface area contributed by atoms with Gasteiger partial charge in [-0.05, 0) is 42.5 Å². The van der Waals surface area contributed by atoms with Gasteiger partial charge < -0.3 is 14.4 Å². The molecule has 0 saturated carbocycles. The molecular weight excluding hydrogens is 266 g/mol. The Balaban J connectivity index is 2.22. The van der Waals surface area contributed by atoms with Crippen LogP contribution in [0.3, 0.4) is 0 Å². The Morgan fingerprint density at radius 3 is 2.24 bits per heavy atom. The van der Waals surface area contributed by atoms with E-state index in [0.29, 0.717) is 6.54 Å². The molecule has 0 saturated heterocycles. The van der Waals surface area contributed by atoms with Crippen molar-refractivity contribution in [3.05, 3.63) is 23.3 Å². The van der Waals surface area contributed by atoms with Crippen molar-refractivity contribution in [3.8, 4) is 11.5 Å². The second-order valence-corrected chi connectivity index (χ2v) is 5.50. The number of nitrogens with zero attached hydrogens (tertiary/aromatic N) is 1. The molecule has 4 heteroatoms. The molecule has 1 amide bonds. The average molecular weight is 291 g/mol. The van der Waals surface area contributed by atoms with Gasteiger partial charge in [0.1, 0.15) is 0 Å². The predicted octanol–water partition coefficient (Wildman–Crippen LogP) is 3.02. The lowest BCUT2D eigenvalue weighted by molar-refractivity contribution is -0.136. The predicted molar refractivity (Wildman–Crippen MR) is 82.7 cm³/mol. The Kier molecular flexibility index (Phi) is 5.10. The largest absolute Gasteiger partial charge is 0.493 e. The second kappa shape index (κ2) is 6.83. The first-order valence-corrected chi connectivity index (χ1v) is 7.67. The molecule has 4 nitrogen and oxygen atoms in total. The monoisotopic (exact) mass is 291 g/mol. The quantitative estimate of drug-likeness (QED) is 0.837. The van der Waals surface area contributed by atoms with Crippen molar-refractivity contribution in [3.63, 3.8) is 0 Å². The van der Waals surface area contributed by atoms with Crippen molar-refractivity contribution in [2.75, 3.05) is 20.8 Å². The number of fused-ring (bicyclic) bond motifs is 1. The van der Waals surface area contributed by atoms with Crippen molar-refractivity contribution in [1.82, 2.24) is 4.90 Å². The van der Waals surface area contributed by atoms with Crippen LogP contribution in [0.1, 0.15) is 37.8 Å². The van der Waals surface area contributed by atoms with Crippen LogP contribution in [-0.2, 0) is 17.8 Å². The number of amides is 1. The summed E-state index contributed by atoms with van der Waals surface area (Å²) in [6.45, 7) is 5.62. The molecule has 1 aromatic carbocycles. The summed E-state index contributed by atoms with van der Waals surface area (Å²) in [4.78, 5) is 14.5. The molecule has 2 rings (SSSR count). The number of benzene rings is 1. The zero-order valence-corrected chi connectivity index (χ0v) is 13.4. The summed E-state index contributed by atoms with van der Waals surface area (Å²) in [6.07, 6.45) is 2.69. The topological polar surface area (TPSA) is 38.8 Å². The van der Waals surface area contributed by atoms with Crippen LogP contribution in [-0.4, -0.2) is 31.6 Å². The van der Waals surface area contributed by atoms with E-state index in [4.69, 9.17) is 9.47 Å². The van der Waals surface area contributed by atoms with Crippen LogP contribution in [0.2, 0.25) is 0 Å². The maximum Gasteiger partial charge on any atom is 0.225 e. The molecule has 1 aliphatic rings. The molecule has 1 heterocycles. The number of ether oxygens (including phenoxy) is 2. The molecule has 0 aromatic heterocycles. The first-order valence-electron chi connectivity index (χ1n) is 7.67. The van der Waals surface area contributed by atoms with E-state index in [1.807, 2.05) is 17.0 Å². The fourth-order valence-electron chi connectivity index (χ4n) is 2.97. The number of carbonyl (C=O) groups is 1. The summed E-state index contributed by atoms with van der Waals surface area (Å²) in [5.41, 5.74) is 2.42. The molecule has 0 N–H and O–H groups in total. The normalized spacial score (nSPS) is 14.0. The molecule has 116 valence electrons. The van der Waals surface area contributed by atoms with E-state index in [1.54, 1.807) is 14.2 Å². The zero-order chi connectivity index (χ0) is 15.4. The smallest absolute Gasteiger partial charge is 0.225 e. The lowest BCUT2D eigenvalue weighted by Crippen LogP contribution is -2.39. The number of rotatable bonds is 5. The highest BCUT2D eigenvalue weighted by Crippen LogP contribution is 2.33. The molecule has 0 spiro atoms. The van der Waals surface area contributed by atoms with E-state index in [0.717, 1.165) is 37.3 Å². The van der Waals surface area contributed by atoms with Crippen molar-refractivity contribution < 1.29 is 14.3 Å². The highest BCUT2D eigenvalue weighted by atomic mass is 16.5. The lowest BCUT2D eigenvalue weighted by atomic mass is 9.96. The SMILES string of the molecule is CCC(CC)C(=O)N1CCc2cc(OC)c(OC)cc2C1. The Labute approximate surface area is 127 Å². The molecule has 0 unspecified atom stereocenters. The fourth-order valence-corrected chi connectivity index (χ4v) is 2.97. The summed E-state index contributed by atoms with van der Waals surface area (Å²) in [6, 6.07) is 4.04. The molecular formula is C17H25NO3. The minimum Gasteiger partial charge on any atom is -0.493 e. The lowest BCUT2D eigenvalue weighted by Gasteiger charge is -2.32. The van der Waals surface area contributed by atoms with Gasteiger partial charge in [0.25, 0.3) is 0 Å². The van der Waals surface area contributed by atoms with Crippen LogP contribution >= 0.6 is 0 Å². The summed E-state index contributed by atoms with van der Waals surface area (Å²) in [5.74, 6) is 1.91. The van der Waals surface area contributed by atoms with E-state index in [9.17, 15) is 4.79 Å². The highest BCUT2D eigenvalue weighted by Gasteiger charge is 2.26. The highest BCUT2D eigenvalue weighted by molar-refractivity contribution is 5.79. The molecule has 21 heavy (non-hydrogen) atoms. The average Bonchev–Trinajstić information content (AvgIpc) is 2.53. The van der Waals surface area contributed by atoms with Crippen molar-refractivity contribution >= 4 is 5.91 Å². The van der Waals surface area contributed by atoms with E-state index < -0.39 is 0 Å². The van der Waals surface area contributed by atoms with Gasteiger partial charge in [-0.3, -0.25) is 4.79 Å². The third-order valence-corrected chi connectivity index (χ3v) is 4.36. The molecule has 1 aliphatic heterocycles. The molecule has 0 fully saturated rings. The molecule has 0 atom stereocenters. The van der Waals surface area contributed by atoms with Gasteiger partial charge in [0.2, 0.25) is 5.91 Å². The molecule has 0 radical (unpaired) electrons. The van der Waals surface area contributed by atoms with Crippen LogP contribution in [0.4, 0.5) is 0 Å². The fraction of sp³-hybridized carbons (Fsp3) is 0.588. The van der Waals surface area contributed by atoms with E-state index in [1.165, 1.54) is 11.1 Å². The van der Waals surface area contributed by atoms with Crippen molar-refractivity contribution in [2.45, 2.75) is 39.7 Å².